The van der Waals surface area contributed by atoms with Gasteiger partial charge in [-0.1, -0.05) is 61.5 Å². The van der Waals surface area contributed by atoms with E-state index in [0.29, 0.717) is 0 Å². The first-order valence-corrected chi connectivity index (χ1v) is 13.6. The van der Waals surface area contributed by atoms with Crippen molar-refractivity contribution in [2.75, 3.05) is 21.3 Å². The lowest BCUT2D eigenvalue weighted by atomic mass is 10.4. The van der Waals surface area contributed by atoms with Crippen molar-refractivity contribution >= 4 is 32.0 Å². The summed E-state index contributed by atoms with van der Waals surface area (Å²) in [6, 6.07) is 32.4. The summed E-state index contributed by atoms with van der Waals surface area (Å²) in [5, 5.41) is 4.02. The topological polar surface area (TPSA) is 27.7 Å². The molecule has 3 aromatic carbocycles. The Bertz CT molecular complexity index is 772. The van der Waals surface area contributed by atoms with Gasteiger partial charge < -0.3 is 37.3 Å². The second-order valence-electron chi connectivity index (χ2n) is 6.87. The molecule has 3 nitrogen and oxygen atoms in total. The van der Waals surface area contributed by atoms with Crippen molar-refractivity contribution in [3.8, 4) is 0 Å². The maximum atomic E-state index is 6.08. The number of hydrogen-bond donors (Lipinski definition) is 0. The zero-order valence-electron chi connectivity index (χ0n) is 18.0. The Morgan fingerprint density at radius 2 is 0.933 bits per heavy atom. The van der Waals surface area contributed by atoms with Gasteiger partial charge in [-0.3, -0.25) is 0 Å². The molecule has 0 aromatic heterocycles. The highest BCUT2D eigenvalue weighted by molar-refractivity contribution is 7.97. The van der Waals surface area contributed by atoms with Crippen LogP contribution in [0.25, 0.3) is 0 Å². The van der Waals surface area contributed by atoms with Crippen LogP contribution in [0.2, 0.25) is 0 Å². The maximum Gasteiger partial charge on any atom is 0.544 e. The Kier molecular flexibility index (Phi) is 9.66. The van der Waals surface area contributed by atoms with E-state index in [1.54, 1.807) is 21.3 Å². The molecule has 0 fully saturated rings. The number of benzene rings is 3. The van der Waals surface area contributed by atoms with Crippen LogP contribution in [-0.4, -0.2) is 35.4 Å². The summed E-state index contributed by atoms with van der Waals surface area (Å²) in [6.07, 6.45) is 0.883. The van der Waals surface area contributed by atoms with E-state index in [1.165, 1.54) is 15.9 Å². The second kappa shape index (κ2) is 11.5. The normalized spacial score (nSPS) is 12.8. The Labute approximate surface area is 199 Å². The summed E-state index contributed by atoms with van der Waals surface area (Å²) in [5.74, 6) is 0. The summed E-state index contributed by atoms with van der Waals surface area (Å²) in [4.78, 5) is 0. The van der Waals surface area contributed by atoms with Crippen molar-refractivity contribution in [1.29, 1.82) is 0 Å². The third kappa shape index (κ3) is 4.43. The highest BCUT2D eigenvalue weighted by Crippen LogP contribution is 2.63. The third-order valence-electron chi connectivity index (χ3n) is 5.61. The van der Waals surface area contributed by atoms with E-state index >= 15 is 0 Å². The van der Waals surface area contributed by atoms with Gasteiger partial charge in [0.1, 0.15) is 23.2 Å². The molecule has 0 N–H and O–H groups in total. The molecular weight excluding hydrogens is 522 g/mol. The lowest BCUT2D eigenvalue weighted by Gasteiger charge is -2.40. The van der Waals surface area contributed by atoms with Crippen molar-refractivity contribution < 1.29 is 37.3 Å². The Morgan fingerprint density at radius 1 is 0.633 bits per heavy atom. The van der Waals surface area contributed by atoms with Crippen molar-refractivity contribution in [1.82, 2.24) is 0 Å². The molecule has 0 heterocycles. The molecule has 0 spiro atoms. The average molecular weight is 552 g/mol. The van der Waals surface area contributed by atoms with Crippen LogP contribution in [0.1, 0.15) is 13.3 Å². The molecule has 0 amide bonds. The highest BCUT2D eigenvalue weighted by atomic mass is 127. The second-order valence-corrected chi connectivity index (χ2v) is 14.1. The fourth-order valence-electron chi connectivity index (χ4n) is 4.40. The smallest absolute Gasteiger partial charge is 0.544 e. The minimum Gasteiger partial charge on any atom is -1.00 e. The Hall–Kier alpha value is -1.08. The lowest BCUT2D eigenvalue weighted by molar-refractivity contribution is -0.0000104. The summed E-state index contributed by atoms with van der Waals surface area (Å²) >= 11 is 0. The zero-order valence-corrected chi connectivity index (χ0v) is 22.0. The summed E-state index contributed by atoms with van der Waals surface area (Å²) < 4.78 is 18.2. The van der Waals surface area contributed by atoms with Gasteiger partial charge in [-0.05, 0) is 42.8 Å². The molecule has 30 heavy (non-hydrogen) atoms. The lowest BCUT2D eigenvalue weighted by Crippen LogP contribution is -3.00. The standard InChI is InChI=1S/C24H30O3PSi.HI/c1-5-24(29(25-2,26-3)27-4)28(21-15-9-6-10-16-21,22-17-11-7-12-18-22)23-19-13-8-14-20-23;/h6-20,24H,5H2,1-4H3;1H/q+1;/p-1. The van der Waals surface area contributed by atoms with Gasteiger partial charge in [0.2, 0.25) is 0 Å². The fourth-order valence-corrected chi connectivity index (χ4v) is 14.8. The van der Waals surface area contributed by atoms with Gasteiger partial charge in [0, 0.05) is 21.3 Å². The molecule has 0 aliphatic rings. The Balaban J connectivity index is 0.00000320. The largest absolute Gasteiger partial charge is 1.00 e. The minimum absolute atomic E-state index is 0. The molecule has 6 heteroatoms. The molecule has 1 unspecified atom stereocenters. The molecule has 3 rings (SSSR count). The molecule has 1 atom stereocenters. The quantitative estimate of drug-likeness (QED) is 0.227. The number of halogens is 1. The summed E-state index contributed by atoms with van der Waals surface area (Å²) in [5.41, 5.74) is 0. The van der Waals surface area contributed by atoms with Crippen LogP contribution in [0.4, 0.5) is 0 Å². The van der Waals surface area contributed by atoms with E-state index in [4.69, 9.17) is 13.3 Å². The minimum atomic E-state index is -2.98. The first-order chi connectivity index (χ1) is 14.2. The van der Waals surface area contributed by atoms with Crippen LogP contribution in [0, 0.1) is 0 Å². The molecule has 160 valence electrons. The van der Waals surface area contributed by atoms with Gasteiger partial charge in [0.15, 0.2) is 5.28 Å². The van der Waals surface area contributed by atoms with Crippen molar-refractivity contribution in [2.24, 2.45) is 0 Å². The predicted octanol–water partition coefficient (Wildman–Crippen LogP) is 1.18. The van der Waals surface area contributed by atoms with Gasteiger partial charge in [0.25, 0.3) is 0 Å². The third-order valence-corrected chi connectivity index (χ3v) is 15.3. The van der Waals surface area contributed by atoms with E-state index < -0.39 is 16.1 Å². The Morgan fingerprint density at radius 3 is 1.17 bits per heavy atom. The molecule has 0 bridgehead atoms. The van der Waals surface area contributed by atoms with Crippen LogP contribution >= 0.6 is 7.26 Å². The van der Waals surface area contributed by atoms with E-state index in [0.717, 1.165) is 6.42 Å². The van der Waals surface area contributed by atoms with E-state index in [-0.39, 0.29) is 29.3 Å². The molecule has 0 radical (unpaired) electrons. The van der Waals surface area contributed by atoms with Crippen LogP contribution in [0.15, 0.2) is 91.0 Å². The zero-order chi connectivity index (χ0) is 20.7. The van der Waals surface area contributed by atoms with Crippen LogP contribution in [0.3, 0.4) is 0 Å². The van der Waals surface area contributed by atoms with Gasteiger partial charge in [-0.25, -0.2) is 0 Å². The highest BCUT2D eigenvalue weighted by Gasteiger charge is 2.65. The average Bonchev–Trinajstić information content (AvgIpc) is 2.81. The molecule has 0 aliphatic heterocycles. The molecule has 0 saturated carbocycles. The molecular formula is C24H30IO3PSi. The molecule has 0 aliphatic carbocycles. The molecule has 3 aromatic rings. The van der Waals surface area contributed by atoms with Crippen molar-refractivity contribution in [2.45, 2.75) is 18.6 Å². The molecule has 0 saturated heterocycles. The predicted molar refractivity (Wildman–Crippen MR) is 126 cm³/mol. The van der Waals surface area contributed by atoms with Crippen LogP contribution in [-0.2, 0) is 13.3 Å². The van der Waals surface area contributed by atoms with Crippen LogP contribution in [0.5, 0.6) is 0 Å². The summed E-state index contributed by atoms with van der Waals surface area (Å²) in [6.45, 7) is 2.22. The van der Waals surface area contributed by atoms with Gasteiger partial charge in [-0.2, -0.15) is 0 Å². The maximum absolute atomic E-state index is 6.08. The van der Waals surface area contributed by atoms with Crippen molar-refractivity contribution in [3.63, 3.8) is 0 Å². The number of hydrogen-bond acceptors (Lipinski definition) is 3. The van der Waals surface area contributed by atoms with E-state index in [2.05, 4.69) is 97.9 Å². The summed E-state index contributed by atoms with van der Waals surface area (Å²) in [7, 11) is 0.0303. The monoisotopic (exact) mass is 552 g/mol. The SMILES string of the molecule is CCC([Si](OC)(OC)OC)[P+](c1ccccc1)(c1ccccc1)c1ccccc1.[I-]. The van der Waals surface area contributed by atoms with Gasteiger partial charge >= 0.3 is 8.80 Å². The van der Waals surface area contributed by atoms with Crippen LogP contribution < -0.4 is 39.9 Å². The van der Waals surface area contributed by atoms with E-state index in [9.17, 15) is 0 Å². The van der Waals surface area contributed by atoms with E-state index in [1.807, 2.05) is 0 Å². The fraction of sp³-hybridized carbons (Fsp3) is 0.250. The first kappa shape index (κ1) is 25.2. The van der Waals surface area contributed by atoms with Crippen molar-refractivity contribution in [3.05, 3.63) is 91.0 Å². The number of rotatable bonds is 9. The first-order valence-electron chi connectivity index (χ1n) is 9.90. The van der Waals surface area contributed by atoms with Gasteiger partial charge in [0.05, 0.1) is 0 Å². The van der Waals surface area contributed by atoms with Gasteiger partial charge in [-0.15, -0.1) is 0 Å².